The second kappa shape index (κ2) is 4.47. The Morgan fingerprint density at radius 2 is 1.95 bits per heavy atom. The first-order valence-corrected chi connectivity index (χ1v) is 6.12. The van der Waals surface area contributed by atoms with Gasteiger partial charge in [-0.05, 0) is 30.3 Å². The minimum absolute atomic E-state index is 0.257. The molecule has 0 amide bonds. The van der Waals surface area contributed by atoms with Crippen LogP contribution in [-0.4, -0.2) is 14.5 Å². The number of nitrogens with two attached hydrogens (primary N) is 1. The molecule has 0 aliphatic rings. The predicted octanol–water partition coefficient (Wildman–Crippen LogP) is 3.24. The molecule has 0 atom stereocenters. The number of fused-ring (bicyclic) bond motifs is 1. The van der Waals surface area contributed by atoms with Crippen LogP contribution in [0.2, 0.25) is 0 Å². The maximum Gasteiger partial charge on any atom is 0.416 e. The van der Waals surface area contributed by atoms with E-state index in [1.54, 1.807) is 29.9 Å². The highest BCUT2D eigenvalue weighted by Gasteiger charge is 2.31. The van der Waals surface area contributed by atoms with Gasteiger partial charge in [0, 0.05) is 13.2 Å². The van der Waals surface area contributed by atoms with Gasteiger partial charge in [-0.25, -0.2) is 4.98 Å². The molecule has 1 aromatic carbocycles. The zero-order chi connectivity index (χ0) is 15.2. The van der Waals surface area contributed by atoms with E-state index in [0.29, 0.717) is 22.7 Å². The van der Waals surface area contributed by atoms with Crippen molar-refractivity contribution >= 4 is 16.7 Å². The molecule has 0 fully saturated rings. The molecule has 7 heteroatoms. The molecule has 3 aromatic rings. The van der Waals surface area contributed by atoms with Crippen molar-refractivity contribution in [1.29, 1.82) is 0 Å². The van der Waals surface area contributed by atoms with Crippen LogP contribution >= 0.6 is 0 Å². The fraction of sp³-hybridized carbons (Fsp3) is 0.143. The van der Waals surface area contributed by atoms with Crippen molar-refractivity contribution in [2.24, 2.45) is 7.05 Å². The summed E-state index contributed by atoms with van der Waals surface area (Å²) in [5.41, 5.74) is 6.83. The summed E-state index contributed by atoms with van der Waals surface area (Å²) in [6, 6.07) is 6.81. The van der Waals surface area contributed by atoms with E-state index in [0.717, 1.165) is 12.1 Å². The van der Waals surface area contributed by atoms with Crippen LogP contribution in [0.3, 0.4) is 0 Å². The normalized spacial score (nSPS) is 12.0. The van der Waals surface area contributed by atoms with Gasteiger partial charge in [-0.15, -0.1) is 0 Å². The van der Waals surface area contributed by atoms with Crippen LogP contribution < -0.4 is 5.73 Å². The van der Waals surface area contributed by atoms with Crippen molar-refractivity contribution in [3.63, 3.8) is 0 Å². The largest absolute Gasteiger partial charge is 0.416 e. The van der Waals surface area contributed by atoms with E-state index in [1.807, 2.05) is 0 Å². The molecule has 0 unspecified atom stereocenters. The van der Waals surface area contributed by atoms with Crippen molar-refractivity contribution in [3.05, 3.63) is 42.1 Å². The minimum Gasteiger partial charge on any atom is -0.397 e. The Bertz CT molecular complexity index is 821. The zero-order valence-corrected chi connectivity index (χ0v) is 11.0. The highest BCUT2D eigenvalue weighted by Crippen LogP contribution is 2.33. The van der Waals surface area contributed by atoms with Crippen molar-refractivity contribution in [2.45, 2.75) is 6.18 Å². The van der Waals surface area contributed by atoms with Gasteiger partial charge in [0.1, 0.15) is 5.69 Å². The average Bonchev–Trinajstić information content (AvgIpc) is 2.75. The van der Waals surface area contributed by atoms with Crippen LogP contribution in [0.15, 0.2) is 36.5 Å². The number of rotatable bonds is 1. The number of imidazole rings is 1. The molecule has 2 aromatic heterocycles. The average molecular weight is 292 g/mol. The number of alkyl halides is 3. The van der Waals surface area contributed by atoms with E-state index in [-0.39, 0.29) is 5.52 Å². The van der Waals surface area contributed by atoms with Crippen molar-refractivity contribution in [1.82, 2.24) is 14.5 Å². The van der Waals surface area contributed by atoms with E-state index in [9.17, 15) is 13.2 Å². The molecule has 0 spiro atoms. The van der Waals surface area contributed by atoms with E-state index >= 15 is 0 Å². The Balaban J connectivity index is 2.23. The van der Waals surface area contributed by atoms with Gasteiger partial charge in [0.25, 0.3) is 0 Å². The summed E-state index contributed by atoms with van der Waals surface area (Å²) in [6.07, 6.45) is -2.83. The summed E-state index contributed by atoms with van der Waals surface area (Å²) in [5, 5.41) is 0. The molecule has 2 heterocycles. The van der Waals surface area contributed by atoms with Gasteiger partial charge in [0.2, 0.25) is 0 Å². The number of aromatic nitrogens is 3. The Morgan fingerprint density at radius 3 is 2.62 bits per heavy atom. The highest BCUT2D eigenvalue weighted by atomic mass is 19.4. The third kappa shape index (κ3) is 2.20. The number of aryl methyl sites for hydroxylation is 1. The SMILES string of the molecule is Cn1c(-c2ncccc2N)nc2cc(C(F)(F)F)ccc21. The Labute approximate surface area is 118 Å². The first-order valence-electron chi connectivity index (χ1n) is 6.12. The van der Waals surface area contributed by atoms with Crippen LogP contribution in [0.1, 0.15) is 5.56 Å². The maximum atomic E-state index is 12.7. The second-order valence-electron chi connectivity index (χ2n) is 4.64. The topological polar surface area (TPSA) is 56.7 Å². The monoisotopic (exact) mass is 292 g/mol. The number of hydrogen-bond donors (Lipinski definition) is 1. The molecule has 0 aliphatic carbocycles. The van der Waals surface area contributed by atoms with Crippen LogP contribution in [0.25, 0.3) is 22.6 Å². The lowest BCUT2D eigenvalue weighted by Crippen LogP contribution is -2.04. The van der Waals surface area contributed by atoms with Crippen molar-refractivity contribution in [3.8, 4) is 11.5 Å². The van der Waals surface area contributed by atoms with Gasteiger partial charge in [0.05, 0.1) is 22.3 Å². The van der Waals surface area contributed by atoms with Gasteiger partial charge < -0.3 is 10.3 Å². The lowest BCUT2D eigenvalue weighted by Gasteiger charge is -2.06. The fourth-order valence-corrected chi connectivity index (χ4v) is 2.19. The molecule has 2 N–H and O–H groups in total. The molecule has 0 bridgehead atoms. The van der Waals surface area contributed by atoms with Gasteiger partial charge in [-0.1, -0.05) is 0 Å². The molecule has 0 saturated heterocycles. The molecular weight excluding hydrogens is 281 g/mol. The molecule has 108 valence electrons. The zero-order valence-electron chi connectivity index (χ0n) is 11.0. The lowest BCUT2D eigenvalue weighted by molar-refractivity contribution is -0.137. The number of hydrogen-bond acceptors (Lipinski definition) is 3. The van der Waals surface area contributed by atoms with Crippen LogP contribution in [0, 0.1) is 0 Å². The minimum atomic E-state index is -4.39. The first kappa shape index (κ1) is 13.4. The summed E-state index contributed by atoms with van der Waals surface area (Å²) in [6.45, 7) is 0. The van der Waals surface area contributed by atoms with E-state index in [2.05, 4.69) is 9.97 Å². The highest BCUT2D eigenvalue weighted by molar-refractivity contribution is 5.82. The number of pyridine rings is 1. The van der Waals surface area contributed by atoms with Crippen LogP contribution in [-0.2, 0) is 13.2 Å². The van der Waals surface area contributed by atoms with E-state index in [4.69, 9.17) is 5.73 Å². The second-order valence-corrected chi connectivity index (χ2v) is 4.64. The smallest absolute Gasteiger partial charge is 0.397 e. The molecule has 0 saturated carbocycles. The Kier molecular flexibility index (Phi) is 2.86. The lowest BCUT2D eigenvalue weighted by atomic mass is 10.2. The Morgan fingerprint density at radius 1 is 1.19 bits per heavy atom. The van der Waals surface area contributed by atoms with Crippen molar-refractivity contribution < 1.29 is 13.2 Å². The summed E-state index contributed by atoms with van der Waals surface area (Å²) in [7, 11) is 1.71. The summed E-state index contributed by atoms with van der Waals surface area (Å²) in [5.74, 6) is 0.433. The summed E-state index contributed by atoms with van der Waals surface area (Å²) in [4.78, 5) is 8.38. The fourth-order valence-electron chi connectivity index (χ4n) is 2.19. The first-order chi connectivity index (χ1) is 9.88. The molecule has 0 aliphatic heterocycles. The molecule has 0 radical (unpaired) electrons. The predicted molar refractivity (Wildman–Crippen MR) is 73.4 cm³/mol. The summed E-state index contributed by atoms with van der Waals surface area (Å²) < 4.78 is 39.9. The van der Waals surface area contributed by atoms with E-state index < -0.39 is 11.7 Å². The van der Waals surface area contributed by atoms with Gasteiger partial charge in [0.15, 0.2) is 5.82 Å². The third-order valence-corrected chi connectivity index (χ3v) is 3.26. The molecular formula is C14H11F3N4. The number of nitrogens with zero attached hydrogens (tertiary/aromatic N) is 3. The van der Waals surface area contributed by atoms with Crippen LogP contribution in [0.4, 0.5) is 18.9 Å². The number of anilines is 1. The number of benzene rings is 1. The van der Waals surface area contributed by atoms with Crippen LogP contribution in [0.5, 0.6) is 0 Å². The Hall–Kier alpha value is -2.57. The molecule has 3 rings (SSSR count). The summed E-state index contributed by atoms with van der Waals surface area (Å²) >= 11 is 0. The molecule has 21 heavy (non-hydrogen) atoms. The van der Waals surface area contributed by atoms with Gasteiger partial charge in [-0.3, -0.25) is 4.98 Å². The number of halogens is 3. The maximum absolute atomic E-state index is 12.7. The van der Waals surface area contributed by atoms with Crippen molar-refractivity contribution in [2.75, 3.05) is 5.73 Å². The quantitative estimate of drug-likeness (QED) is 0.749. The third-order valence-electron chi connectivity index (χ3n) is 3.26. The molecule has 4 nitrogen and oxygen atoms in total. The standard InChI is InChI=1S/C14H11F3N4/c1-21-11-5-4-8(14(15,16)17)7-10(11)20-13(21)12-9(18)3-2-6-19-12/h2-7H,18H2,1H3. The number of nitrogen functional groups attached to an aromatic ring is 1. The van der Waals surface area contributed by atoms with E-state index in [1.165, 1.54) is 6.07 Å². The van der Waals surface area contributed by atoms with Gasteiger partial charge >= 0.3 is 6.18 Å². The van der Waals surface area contributed by atoms with Gasteiger partial charge in [-0.2, -0.15) is 13.2 Å².